The van der Waals surface area contributed by atoms with Crippen LogP contribution in [0.15, 0.2) is 50.9 Å². The topological polar surface area (TPSA) is 227 Å². The summed E-state index contributed by atoms with van der Waals surface area (Å²) in [6.45, 7) is 0.212. The molecule has 2 aliphatic heterocycles. The molecule has 17 heteroatoms. The Hall–Kier alpha value is -4.51. The number of amides is 2. The fraction of sp³-hybridized carbons (Fsp3) is 0.200. The van der Waals surface area contributed by atoms with Crippen molar-refractivity contribution in [3.05, 3.63) is 46.9 Å². The van der Waals surface area contributed by atoms with Crippen molar-refractivity contribution in [1.29, 1.82) is 0 Å². The summed E-state index contributed by atoms with van der Waals surface area (Å²) in [6, 6.07) is 2.38. The Bertz CT molecular complexity index is 1460. The maximum Gasteiger partial charge on any atom is 0.352 e. The molecule has 0 bridgehead atoms. The van der Waals surface area contributed by atoms with Crippen LogP contribution >= 0.6 is 23.1 Å². The molecule has 0 aliphatic carbocycles. The van der Waals surface area contributed by atoms with E-state index in [2.05, 4.69) is 25.6 Å². The van der Waals surface area contributed by atoms with Gasteiger partial charge in [-0.3, -0.25) is 14.5 Å². The maximum atomic E-state index is 12.9. The normalized spacial score (nSPS) is 19.4. The highest BCUT2D eigenvalue weighted by atomic mass is 32.2. The number of pyridine rings is 1. The number of nitrogen functional groups attached to an aromatic ring is 2. The molecule has 5 heterocycles. The van der Waals surface area contributed by atoms with E-state index in [4.69, 9.17) is 16.0 Å². The molecule has 190 valence electrons. The number of carbonyl (C=O) groups excluding carboxylic acids is 2. The molecule has 37 heavy (non-hydrogen) atoms. The zero-order valence-corrected chi connectivity index (χ0v) is 20.3. The second-order valence-corrected chi connectivity index (χ2v) is 9.85. The Morgan fingerprint density at radius 3 is 2.65 bits per heavy atom. The van der Waals surface area contributed by atoms with Gasteiger partial charge in [0.15, 0.2) is 29.8 Å². The van der Waals surface area contributed by atoms with Gasteiger partial charge in [0, 0.05) is 34.4 Å². The fourth-order valence-corrected chi connectivity index (χ4v) is 5.79. The summed E-state index contributed by atoms with van der Waals surface area (Å²) in [7, 11) is 0. The number of fused-ring (bicyclic) bond motifs is 1. The van der Waals surface area contributed by atoms with Gasteiger partial charge in [-0.1, -0.05) is 10.3 Å². The van der Waals surface area contributed by atoms with Crippen molar-refractivity contribution in [2.75, 3.05) is 17.2 Å². The van der Waals surface area contributed by atoms with Crippen molar-refractivity contribution in [2.45, 2.75) is 18.0 Å². The molecular formula is C20H18N9O6S2+. The minimum Gasteiger partial charge on any atom is -0.477 e. The van der Waals surface area contributed by atoms with E-state index in [1.54, 1.807) is 29.1 Å². The number of β-lactam (4-membered cyclic amide) rings is 1. The number of carboxylic acids is 1. The first kappa shape index (κ1) is 24.2. The predicted molar refractivity (Wildman–Crippen MR) is 129 cm³/mol. The van der Waals surface area contributed by atoms with Crippen molar-refractivity contribution in [3.8, 4) is 11.4 Å². The molecule has 7 N–H and O–H groups in total. The monoisotopic (exact) mass is 544 g/mol. The molecule has 15 nitrogen and oxygen atoms in total. The Labute approximate surface area is 215 Å². The number of thioether (sulfide) groups is 1. The van der Waals surface area contributed by atoms with Gasteiger partial charge in [-0.15, -0.1) is 23.1 Å². The minimum atomic E-state index is -1.26. The summed E-state index contributed by atoms with van der Waals surface area (Å²) in [6.07, 6.45) is 3.43. The summed E-state index contributed by atoms with van der Waals surface area (Å²) >= 11 is 2.37. The second-order valence-electron chi connectivity index (χ2n) is 7.85. The molecular weight excluding hydrogens is 526 g/mol. The molecule has 2 aliphatic rings. The van der Waals surface area contributed by atoms with Gasteiger partial charge in [0.25, 0.3) is 11.8 Å². The summed E-state index contributed by atoms with van der Waals surface area (Å²) in [5.41, 5.74) is 11.7. The third kappa shape index (κ3) is 4.45. The maximum absolute atomic E-state index is 12.9. The number of oxime groups is 1. The largest absolute Gasteiger partial charge is 0.477 e. The lowest BCUT2D eigenvalue weighted by atomic mass is 10.0. The third-order valence-corrected chi connectivity index (χ3v) is 7.59. The molecule has 2 amide bonds. The molecule has 3 aromatic rings. The SMILES string of the molecule is Nc1nc(-c2cc[n+](CC3=C(C(=O)O)N4C(=O)[C@@H](NC(=O)C(=NO)c5csc(N)n5)[C@@H]4SC3)cc2)no1. The fourth-order valence-electron chi connectivity index (χ4n) is 3.91. The van der Waals surface area contributed by atoms with Crippen molar-refractivity contribution in [2.24, 2.45) is 5.16 Å². The molecule has 1 saturated heterocycles. The molecule has 0 spiro atoms. The van der Waals surface area contributed by atoms with Gasteiger partial charge in [0.1, 0.15) is 22.8 Å². The number of aliphatic carboxylic acids is 1. The average Bonchev–Trinajstić information content (AvgIpc) is 3.51. The van der Waals surface area contributed by atoms with Crippen LogP contribution in [0.5, 0.6) is 0 Å². The molecule has 0 radical (unpaired) electrons. The van der Waals surface area contributed by atoms with Crippen LogP contribution in [0.2, 0.25) is 0 Å². The van der Waals surface area contributed by atoms with Gasteiger partial charge in [0.2, 0.25) is 5.82 Å². The highest BCUT2D eigenvalue weighted by Crippen LogP contribution is 2.40. The number of hydrogen-bond acceptors (Lipinski definition) is 13. The zero-order valence-electron chi connectivity index (χ0n) is 18.6. The second kappa shape index (κ2) is 9.51. The third-order valence-electron chi connectivity index (χ3n) is 5.58. The number of aromatic nitrogens is 4. The summed E-state index contributed by atoms with van der Waals surface area (Å²) < 4.78 is 6.52. The number of nitrogens with two attached hydrogens (primary N) is 2. The first-order chi connectivity index (χ1) is 17.8. The van der Waals surface area contributed by atoms with Crippen LogP contribution in [0.3, 0.4) is 0 Å². The lowest BCUT2D eigenvalue weighted by Crippen LogP contribution is -2.71. The summed E-state index contributed by atoms with van der Waals surface area (Å²) in [5.74, 6) is -2.06. The van der Waals surface area contributed by atoms with E-state index in [1.165, 1.54) is 17.1 Å². The number of nitrogens with one attached hydrogen (secondary N) is 1. The Balaban J connectivity index is 1.31. The molecule has 0 saturated carbocycles. The Kier molecular flexibility index (Phi) is 6.22. The van der Waals surface area contributed by atoms with Crippen molar-refractivity contribution >= 4 is 57.7 Å². The highest BCUT2D eigenvalue weighted by molar-refractivity contribution is 8.00. The molecule has 0 aromatic carbocycles. The van der Waals surface area contributed by atoms with Gasteiger partial charge < -0.3 is 31.6 Å². The van der Waals surface area contributed by atoms with Crippen LogP contribution in [0.4, 0.5) is 11.1 Å². The molecule has 3 aromatic heterocycles. The lowest BCUT2D eigenvalue weighted by Gasteiger charge is -2.49. The molecule has 2 atom stereocenters. The number of anilines is 2. The van der Waals surface area contributed by atoms with Crippen LogP contribution in [-0.4, -0.2) is 71.0 Å². The Morgan fingerprint density at radius 1 is 1.30 bits per heavy atom. The lowest BCUT2D eigenvalue weighted by molar-refractivity contribution is -0.689. The van der Waals surface area contributed by atoms with E-state index in [9.17, 15) is 24.7 Å². The van der Waals surface area contributed by atoms with Crippen LogP contribution in [0.1, 0.15) is 5.69 Å². The van der Waals surface area contributed by atoms with Crippen LogP contribution < -0.4 is 21.4 Å². The quantitative estimate of drug-likeness (QED) is 0.0815. The van der Waals surface area contributed by atoms with Crippen LogP contribution in [0.25, 0.3) is 11.4 Å². The first-order valence-corrected chi connectivity index (χ1v) is 12.4. The summed E-state index contributed by atoms with van der Waals surface area (Å²) in [4.78, 5) is 46.7. The van der Waals surface area contributed by atoms with Gasteiger partial charge in [0.05, 0.1) is 0 Å². The number of carbonyl (C=O) groups is 3. The number of hydrogen-bond donors (Lipinski definition) is 5. The van der Waals surface area contributed by atoms with Crippen molar-refractivity contribution in [1.82, 2.24) is 25.3 Å². The van der Waals surface area contributed by atoms with Gasteiger partial charge in [-0.05, 0) is 0 Å². The van der Waals surface area contributed by atoms with Gasteiger partial charge in [-0.25, -0.2) is 14.3 Å². The highest BCUT2D eigenvalue weighted by Gasteiger charge is 2.54. The smallest absolute Gasteiger partial charge is 0.352 e. The van der Waals surface area contributed by atoms with E-state index in [-0.39, 0.29) is 29.1 Å². The van der Waals surface area contributed by atoms with E-state index < -0.39 is 34.9 Å². The number of nitrogens with zero attached hydrogens (tertiary/aromatic N) is 6. The number of carboxylic acid groups (broad SMARTS) is 1. The van der Waals surface area contributed by atoms with Gasteiger partial charge in [-0.2, -0.15) is 4.98 Å². The van der Waals surface area contributed by atoms with E-state index in [0.29, 0.717) is 22.7 Å². The molecule has 5 rings (SSSR count). The minimum absolute atomic E-state index is 0.0571. The van der Waals surface area contributed by atoms with Crippen LogP contribution in [-0.2, 0) is 20.9 Å². The first-order valence-electron chi connectivity index (χ1n) is 10.5. The van der Waals surface area contributed by atoms with Crippen molar-refractivity contribution < 1.29 is 33.8 Å². The molecule has 0 unspecified atom stereocenters. The predicted octanol–water partition coefficient (Wildman–Crippen LogP) is -0.738. The zero-order chi connectivity index (χ0) is 26.3. The summed E-state index contributed by atoms with van der Waals surface area (Å²) in [5, 5.41) is 29.4. The van der Waals surface area contributed by atoms with Crippen molar-refractivity contribution in [3.63, 3.8) is 0 Å². The number of thiazole rings is 1. The Morgan fingerprint density at radius 2 is 2.05 bits per heavy atom. The van der Waals surface area contributed by atoms with Crippen LogP contribution in [0, 0.1) is 0 Å². The van der Waals surface area contributed by atoms with Gasteiger partial charge >= 0.3 is 12.0 Å². The van der Waals surface area contributed by atoms with E-state index in [0.717, 1.165) is 16.2 Å². The van der Waals surface area contributed by atoms with E-state index in [1.807, 2.05) is 0 Å². The standard InChI is InChI=1S/C20H17N9O6S2/c21-19-25-14(27-35-19)8-1-3-28(4-2-8)5-9-6-36-17-12(16(31)29(17)13(9)18(32)33)24-15(30)11(26-34)10-7-37-20(22)23-10/h1-4,7,12,17H,5-6H2,(H6-,21,22,23,24,25,27,30,32,33,34)/p+1/t12-,17+/m1/s1. The average molecular weight is 545 g/mol. The molecule has 1 fully saturated rings. The van der Waals surface area contributed by atoms with E-state index >= 15 is 0 Å². The number of rotatable bonds is 7.